The number of carbonyl (C=O) groups is 1. The van der Waals surface area contributed by atoms with Crippen molar-refractivity contribution >= 4 is 11.6 Å². The number of nitrogens with one attached hydrogen (secondary N) is 1. The Kier molecular flexibility index (Phi) is 3.73. The van der Waals surface area contributed by atoms with Gasteiger partial charge in [-0.25, -0.2) is 4.68 Å². The molecular formula is C16H14N4O. The molecule has 5 nitrogen and oxygen atoms in total. The van der Waals surface area contributed by atoms with E-state index in [1.807, 2.05) is 60.7 Å². The van der Waals surface area contributed by atoms with Gasteiger partial charge in [0.15, 0.2) is 0 Å². The highest BCUT2D eigenvalue weighted by atomic mass is 16.2. The van der Waals surface area contributed by atoms with Gasteiger partial charge in [0.2, 0.25) is 5.91 Å². The molecule has 0 radical (unpaired) electrons. The van der Waals surface area contributed by atoms with Crippen LogP contribution in [0.25, 0.3) is 11.3 Å². The van der Waals surface area contributed by atoms with Gasteiger partial charge < -0.3 is 5.32 Å². The van der Waals surface area contributed by atoms with Gasteiger partial charge in [-0.2, -0.15) is 0 Å². The van der Waals surface area contributed by atoms with Crippen LogP contribution in [-0.4, -0.2) is 20.9 Å². The van der Waals surface area contributed by atoms with Crippen LogP contribution in [0.4, 0.5) is 5.69 Å². The molecule has 0 saturated carbocycles. The molecule has 0 spiro atoms. The number of rotatable bonds is 4. The van der Waals surface area contributed by atoms with Crippen LogP contribution in [0.5, 0.6) is 0 Å². The predicted molar refractivity (Wildman–Crippen MR) is 80.5 cm³/mol. The van der Waals surface area contributed by atoms with Gasteiger partial charge in [0.1, 0.15) is 12.2 Å². The van der Waals surface area contributed by atoms with Crippen molar-refractivity contribution in [1.29, 1.82) is 0 Å². The van der Waals surface area contributed by atoms with E-state index in [0.717, 1.165) is 16.9 Å². The molecule has 1 N–H and O–H groups in total. The number of hydrogen-bond donors (Lipinski definition) is 1. The van der Waals surface area contributed by atoms with E-state index in [1.54, 1.807) is 6.20 Å². The second-order valence-electron chi connectivity index (χ2n) is 4.58. The Bertz CT molecular complexity index is 722. The van der Waals surface area contributed by atoms with Crippen molar-refractivity contribution in [3.63, 3.8) is 0 Å². The van der Waals surface area contributed by atoms with Crippen LogP contribution in [0, 0.1) is 0 Å². The summed E-state index contributed by atoms with van der Waals surface area (Å²) < 4.78 is 1.53. The highest BCUT2D eigenvalue weighted by Crippen LogP contribution is 2.14. The van der Waals surface area contributed by atoms with Crippen LogP contribution >= 0.6 is 0 Å². The molecule has 3 aromatic rings. The molecule has 3 rings (SSSR count). The summed E-state index contributed by atoms with van der Waals surface area (Å²) in [4.78, 5) is 11.9. The number of anilines is 1. The van der Waals surface area contributed by atoms with Gasteiger partial charge in [-0.15, -0.1) is 5.10 Å². The SMILES string of the molecule is O=C(Cn1cc(-c2ccccc2)nn1)Nc1ccccc1. The van der Waals surface area contributed by atoms with E-state index in [1.165, 1.54) is 4.68 Å². The summed E-state index contributed by atoms with van der Waals surface area (Å²) >= 11 is 0. The minimum atomic E-state index is -0.134. The molecule has 2 aromatic carbocycles. The van der Waals surface area contributed by atoms with Gasteiger partial charge in [0.25, 0.3) is 0 Å². The maximum absolute atomic E-state index is 11.9. The minimum Gasteiger partial charge on any atom is -0.324 e. The van der Waals surface area contributed by atoms with Crippen molar-refractivity contribution in [2.75, 3.05) is 5.32 Å². The van der Waals surface area contributed by atoms with E-state index in [0.29, 0.717) is 0 Å². The zero-order valence-electron chi connectivity index (χ0n) is 11.3. The molecule has 1 amide bonds. The van der Waals surface area contributed by atoms with E-state index in [2.05, 4.69) is 15.6 Å². The smallest absolute Gasteiger partial charge is 0.246 e. The van der Waals surface area contributed by atoms with E-state index >= 15 is 0 Å². The quantitative estimate of drug-likeness (QED) is 0.798. The predicted octanol–water partition coefficient (Wildman–Crippen LogP) is 2.58. The fraction of sp³-hybridized carbons (Fsp3) is 0.0625. The van der Waals surface area contributed by atoms with E-state index < -0.39 is 0 Å². The topological polar surface area (TPSA) is 59.8 Å². The maximum atomic E-state index is 11.9. The number of aromatic nitrogens is 3. The first-order chi connectivity index (χ1) is 10.3. The van der Waals surface area contributed by atoms with Crippen LogP contribution in [0.3, 0.4) is 0 Å². The highest BCUT2D eigenvalue weighted by molar-refractivity contribution is 5.90. The van der Waals surface area contributed by atoms with E-state index in [-0.39, 0.29) is 12.5 Å². The molecule has 1 heterocycles. The normalized spacial score (nSPS) is 10.3. The van der Waals surface area contributed by atoms with Gasteiger partial charge in [-0.1, -0.05) is 53.7 Å². The number of hydrogen-bond acceptors (Lipinski definition) is 3. The molecule has 0 bridgehead atoms. The highest BCUT2D eigenvalue weighted by Gasteiger charge is 2.07. The van der Waals surface area contributed by atoms with Gasteiger partial charge in [0, 0.05) is 11.3 Å². The summed E-state index contributed by atoms with van der Waals surface area (Å²) in [6.45, 7) is 0.134. The van der Waals surface area contributed by atoms with Gasteiger partial charge >= 0.3 is 0 Å². The Balaban J connectivity index is 1.66. The maximum Gasteiger partial charge on any atom is 0.246 e. The van der Waals surface area contributed by atoms with Gasteiger partial charge in [-0.05, 0) is 12.1 Å². The number of amides is 1. The van der Waals surface area contributed by atoms with Crippen molar-refractivity contribution in [2.24, 2.45) is 0 Å². The summed E-state index contributed by atoms with van der Waals surface area (Å²) in [6.07, 6.45) is 1.76. The lowest BCUT2D eigenvalue weighted by atomic mass is 10.2. The molecular weight excluding hydrogens is 264 g/mol. The van der Waals surface area contributed by atoms with Gasteiger partial charge in [-0.3, -0.25) is 4.79 Å². The summed E-state index contributed by atoms with van der Waals surface area (Å²) in [6, 6.07) is 19.1. The molecule has 0 atom stereocenters. The minimum absolute atomic E-state index is 0.134. The molecule has 0 aliphatic heterocycles. The van der Waals surface area contributed by atoms with Crippen LogP contribution in [-0.2, 0) is 11.3 Å². The van der Waals surface area contributed by atoms with E-state index in [9.17, 15) is 4.79 Å². The molecule has 0 aliphatic rings. The monoisotopic (exact) mass is 278 g/mol. The number of carbonyl (C=O) groups excluding carboxylic acids is 1. The molecule has 0 aliphatic carbocycles. The molecule has 0 unspecified atom stereocenters. The lowest BCUT2D eigenvalue weighted by Crippen LogP contribution is -2.19. The Hall–Kier alpha value is -2.95. The standard InChI is InChI=1S/C16H14N4O/c21-16(17-14-9-5-2-6-10-14)12-20-11-15(18-19-20)13-7-3-1-4-8-13/h1-11H,12H2,(H,17,21). The second kappa shape index (κ2) is 6.00. The Labute approximate surface area is 122 Å². The zero-order valence-corrected chi connectivity index (χ0v) is 11.3. The largest absolute Gasteiger partial charge is 0.324 e. The van der Waals surface area contributed by atoms with Crippen molar-refractivity contribution < 1.29 is 4.79 Å². The average Bonchev–Trinajstić information content (AvgIpc) is 2.97. The van der Waals surface area contributed by atoms with Crippen molar-refractivity contribution in [3.05, 3.63) is 66.9 Å². The lowest BCUT2D eigenvalue weighted by Gasteiger charge is -2.04. The third-order valence-electron chi connectivity index (χ3n) is 2.97. The molecule has 5 heteroatoms. The lowest BCUT2D eigenvalue weighted by molar-refractivity contribution is -0.116. The van der Waals surface area contributed by atoms with Crippen LogP contribution in [0.2, 0.25) is 0 Å². The molecule has 21 heavy (non-hydrogen) atoms. The first-order valence-corrected chi connectivity index (χ1v) is 6.62. The van der Waals surface area contributed by atoms with Crippen LogP contribution < -0.4 is 5.32 Å². The van der Waals surface area contributed by atoms with Crippen LogP contribution in [0.1, 0.15) is 0 Å². The first kappa shape index (κ1) is 13.1. The summed E-state index contributed by atoms with van der Waals surface area (Å²) in [5.41, 5.74) is 2.50. The fourth-order valence-electron chi connectivity index (χ4n) is 1.99. The van der Waals surface area contributed by atoms with Crippen molar-refractivity contribution in [1.82, 2.24) is 15.0 Å². The Morgan fingerprint density at radius 2 is 1.67 bits per heavy atom. The first-order valence-electron chi connectivity index (χ1n) is 6.62. The summed E-state index contributed by atoms with van der Waals surface area (Å²) in [5, 5.41) is 10.9. The second-order valence-corrected chi connectivity index (χ2v) is 4.58. The zero-order chi connectivity index (χ0) is 14.5. The molecule has 0 saturated heterocycles. The average molecular weight is 278 g/mol. The van der Waals surface area contributed by atoms with Gasteiger partial charge in [0.05, 0.1) is 6.20 Å². The Morgan fingerprint density at radius 1 is 1.00 bits per heavy atom. The molecule has 104 valence electrons. The number of para-hydroxylation sites is 1. The summed E-state index contributed by atoms with van der Waals surface area (Å²) in [5.74, 6) is -0.134. The van der Waals surface area contributed by atoms with E-state index in [4.69, 9.17) is 0 Å². The third-order valence-corrected chi connectivity index (χ3v) is 2.97. The summed E-state index contributed by atoms with van der Waals surface area (Å²) in [7, 11) is 0. The Morgan fingerprint density at radius 3 is 2.38 bits per heavy atom. The fourth-order valence-corrected chi connectivity index (χ4v) is 1.99. The molecule has 0 fully saturated rings. The molecule has 1 aromatic heterocycles. The number of nitrogens with zero attached hydrogens (tertiary/aromatic N) is 3. The van der Waals surface area contributed by atoms with Crippen molar-refractivity contribution in [2.45, 2.75) is 6.54 Å². The van der Waals surface area contributed by atoms with Crippen LogP contribution in [0.15, 0.2) is 66.9 Å². The number of benzene rings is 2. The van der Waals surface area contributed by atoms with Crippen molar-refractivity contribution in [3.8, 4) is 11.3 Å². The third kappa shape index (κ3) is 3.33.